The molecule has 0 radical (unpaired) electrons. The molecule has 0 aliphatic rings. The van der Waals surface area contributed by atoms with Gasteiger partial charge < -0.3 is 5.73 Å². The molecule has 2 nitrogen and oxygen atoms in total. The summed E-state index contributed by atoms with van der Waals surface area (Å²) in [6.07, 6.45) is 0. The predicted octanol–water partition coefficient (Wildman–Crippen LogP) is 4.38. The van der Waals surface area contributed by atoms with Gasteiger partial charge in [0.15, 0.2) is 0 Å². The van der Waals surface area contributed by atoms with Crippen LogP contribution in [0.2, 0.25) is 5.02 Å². The Morgan fingerprint density at radius 2 is 1.95 bits per heavy atom. The third-order valence-corrected chi connectivity index (χ3v) is 3.82. The molecule has 0 aliphatic heterocycles. The molecule has 0 spiro atoms. The lowest BCUT2D eigenvalue weighted by Crippen LogP contribution is -2.13. The van der Waals surface area contributed by atoms with Crippen molar-refractivity contribution in [1.29, 1.82) is 0 Å². The van der Waals surface area contributed by atoms with Crippen LogP contribution in [0.5, 0.6) is 0 Å². The molecule has 4 heteroatoms. The Kier molecular flexibility index (Phi) is 3.62. The van der Waals surface area contributed by atoms with E-state index in [1.165, 1.54) is 6.07 Å². The maximum atomic E-state index is 14.1. The maximum absolute atomic E-state index is 14.1. The largest absolute Gasteiger partial charge is 0.320 e. The van der Waals surface area contributed by atoms with Crippen molar-refractivity contribution in [3.63, 3.8) is 0 Å². The Morgan fingerprint density at radius 3 is 2.76 bits per heavy atom. The highest BCUT2D eigenvalue weighted by atomic mass is 35.5. The number of rotatable bonds is 2. The van der Waals surface area contributed by atoms with Crippen LogP contribution in [0.1, 0.15) is 22.9 Å². The van der Waals surface area contributed by atoms with Gasteiger partial charge in [-0.3, -0.25) is 4.98 Å². The van der Waals surface area contributed by atoms with Crippen molar-refractivity contribution in [3.8, 4) is 0 Å². The molecule has 2 N–H and O–H groups in total. The van der Waals surface area contributed by atoms with Crippen molar-refractivity contribution in [2.75, 3.05) is 0 Å². The van der Waals surface area contributed by atoms with Gasteiger partial charge in [0.25, 0.3) is 0 Å². The van der Waals surface area contributed by atoms with Gasteiger partial charge in [-0.1, -0.05) is 35.9 Å². The minimum Gasteiger partial charge on any atom is -0.320 e. The molecule has 1 heterocycles. The molecule has 0 saturated carbocycles. The molecule has 1 unspecified atom stereocenters. The summed E-state index contributed by atoms with van der Waals surface area (Å²) in [4.78, 5) is 4.44. The first-order valence-electron chi connectivity index (χ1n) is 6.63. The van der Waals surface area contributed by atoms with Crippen molar-refractivity contribution in [2.45, 2.75) is 13.0 Å². The Hall–Kier alpha value is -1.97. The van der Waals surface area contributed by atoms with E-state index in [1.54, 1.807) is 12.1 Å². The van der Waals surface area contributed by atoms with Crippen molar-refractivity contribution in [1.82, 2.24) is 4.98 Å². The number of fused-ring (bicyclic) bond motifs is 1. The second kappa shape index (κ2) is 5.43. The standard InChI is InChI=1S/C17H14ClFN2/c1-10-5-6-11-9-12(7-8-15(11)21-10)17(20)13-3-2-4-14(18)16(13)19/h2-9,17H,20H2,1H3. The van der Waals surface area contributed by atoms with Gasteiger partial charge in [-0.05, 0) is 36.8 Å². The monoisotopic (exact) mass is 300 g/mol. The van der Waals surface area contributed by atoms with Gasteiger partial charge in [0.05, 0.1) is 16.6 Å². The summed E-state index contributed by atoms with van der Waals surface area (Å²) in [5, 5.41) is 1.07. The molecular formula is C17H14ClFN2. The zero-order valence-electron chi connectivity index (χ0n) is 11.5. The normalized spacial score (nSPS) is 12.6. The van der Waals surface area contributed by atoms with Gasteiger partial charge in [-0.15, -0.1) is 0 Å². The number of nitrogens with two attached hydrogens (primary N) is 1. The van der Waals surface area contributed by atoms with Gasteiger partial charge in [-0.2, -0.15) is 0 Å². The zero-order valence-corrected chi connectivity index (χ0v) is 12.2. The number of aromatic nitrogens is 1. The first-order valence-corrected chi connectivity index (χ1v) is 7.01. The summed E-state index contributed by atoms with van der Waals surface area (Å²) < 4.78 is 14.1. The van der Waals surface area contributed by atoms with Crippen LogP contribution in [0.4, 0.5) is 4.39 Å². The average Bonchev–Trinajstić information content (AvgIpc) is 2.49. The van der Waals surface area contributed by atoms with Crippen LogP contribution in [0, 0.1) is 12.7 Å². The molecule has 0 fully saturated rings. The van der Waals surface area contributed by atoms with E-state index < -0.39 is 11.9 Å². The lowest BCUT2D eigenvalue weighted by atomic mass is 9.97. The van der Waals surface area contributed by atoms with E-state index in [2.05, 4.69) is 4.98 Å². The lowest BCUT2D eigenvalue weighted by Gasteiger charge is -2.15. The topological polar surface area (TPSA) is 38.9 Å². The quantitative estimate of drug-likeness (QED) is 0.762. The molecule has 1 aromatic heterocycles. The molecule has 0 bridgehead atoms. The fraction of sp³-hybridized carbons (Fsp3) is 0.118. The Bertz CT molecular complexity index is 817. The van der Waals surface area contributed by atoms with Crippen LogP contribution in [0.15, 0.2) is 48.5 Å². The van der Waals surface area contributed by atoms with Crippen LogP contribution < -0.4 is 5.73 Å². The van der Waals surface area contributed by atoms with Gasteiger partial charge in [0.1, 0.15) is 5.82 Å². The third-order valence-electron chi connectivity index (χ3n) is 3.53. The zero-order chi connectivity index (χ0) is 15.0. The van der Waals surface area contributed by atoms with E-state index in [4.69, 9.17) is 17.3 Å². The summed E-state index contributed by atoms with van der Waals surface area (Å²) in [7, 11) is 0. The number of benzene rings is 2. The van der Waals surface area contributed by atoms with Crippen molar-refractivity contribution >= 4 is 22.5 Å². The molecule has 0 aliphatic carbocycles. The second-order valence-corrected chi connectivity index (χ2v) is 5.43. The van der Waals surface area contributed by atoms with Crippen LogP contribution in [-0.2, 0) is 0 Å². The Morgan fingerprint density at radius 1 is 1.14 bits per heavy atom. The lowest BCUT2D eigenvalue weighted by molar-refractivity contribution is 0.600. The van der Waals surface area contributed by atoms with Gasteiger partial charge in [0.2, 0.25) is 0 Å². The van der Waals surface area contributed by atoms with Crippen LogP contribution in [0.3, 0.4) is 0 Å². The van der Waals surface area contributed by atoms with Crippen LogP contribution >= 0.6 is 11.6 Å². The highest BCUT2D eigenvalue weighted by molar-refractivity contribution is 6.30. The molecule has 3 rings (SSSR count). The smallest absolute Gasteiger partial charge is 0.146 e. The molecule has 106 valence electrons. The minimum absolute atomic E-state index is 0.0843. The summed E-state index contributed by atoms with van der Waals surface area (Å²) in [6.45, 7) is 1.94. The molecule has 2 aromatic carbocycles. The van der Waals surface area contributed by atoms with E-state index in [1.807, 2.05) is 37.3 Å². The highest BCUT2D eigenvalue weighted by Crippen LogP contribution is 2.28. The molecule has 1 atom stereocenters. The summed E-state index contributed by atoms with van der Waals surface area (Å²) in [6, 6.07) is 14.0. The van der Waals surface area contributed by atoms with Crippen molar-refractivity contribution < 1.29 is 4.39 Å². The molecule has 0 amide bonds. The van der Waals surface area contributed by atoms with Gasteiger partial charge >= 0.3 is 0 Å². The van der Waals surface area contributed by atoms with E-state index in [0.29, 0.717) is 5.56 Å². The van der Waals surface area contributed by atoms with Crippen molar-refractivity contribution in [2.24, 2.45) is 5.73 Å². The van der Waals surface area contributed by atoms with E-state index in [0.717, 1.165) is 22.2 Å². The van der Waals surface area contributed by atoms with E-state index in [-0.39, 0.29) is 5.02 Å². The SMILES string of the molecule is Cc1ccc2cc(C(N)c3cccc(Cl)c3F)ccc2n1. The van der Waals surface area contributed by atoms with Crippen LogP contribution in [0.25, 0.3) is 10.9 Å². The fourth-order valence-corrected chi connectivity index (χ4v) is 2.56. The van der Waals surface area contributed by atoms with Crippen LogP contribution in [-0.4, -0.2) is 4.98 Å². The van der Waals surface area contributed by atoms with E-state index >= 15 is 0 Å². The predicted molar refractivity (Wildman–Crippen MR) is 83.9 cm³/mol. The first kappa shape index (κ1) is 14.0. The van der Waals surface area contributed by atoms with Gasteiger partial charge in [-0.25, -0.2) is 4.39 Å². The number of pyridine rings is 1. The fourth-order valence-electron chi connectivity index (χ4n) is 2.38. The molecule has 21 heavy (non-hydrogen) atoms. The molecule has 0 saturated heterocycles. The number of hydrogen-bond donors (Lipinski definition) is 1. The third kappa shape index (κ3) is 2.62. The average molecular weight is 301 g/mol. The molecular weight excluding hydrogens is 287 g/mol. The Balaban J connectivity index is 2.07. The summed E-state index contributed by atoms with van der Waals surface area (Å²) in [5.74, 6) is -0.464. The number of nitrogens with zero attached hydrogens (tertiary/aromatic N) is 1. The second-order valence-electron chi connectivity index (χ2n) is 5.03. The van der Waals surface area contributed by atoms with Gasteiger partial charge in [0, 0.05) is 16.6 Å². The maximum Gasteiger partial charge on any atom is 0.146 e. The number of halogens is 2. The van der Waals surface area contributed by atoms with E-state index in [9.17, 15) is 4.39 Å². The number of hydrogen-bond acceptors (Lipinski definition) is 2. The molecule has 3 aromatic rings. The highest BCUT2D eigenvalue weighted by Gasteiger charge is 2.16. The minimum atomic E-state index is -0.561. The number of aryl methyl sites for hydroxylation is 1. The first-order chi connectivity index (χ1) is 10.1. The van der Waals surface area contributed by atoms with Crippen molar-refractivity contribution in [3.05, 3.63) is 76.2 Å². The summed E-state index contributed by atoms with van der Waals surface area (Å²) in [5.41, 5.74) is 9.27. The summed E-state index contributed by atoms with van der Waals surface area (Å²) >= 11 is 5.82. The Labute approximate surface area is 127 Å².